The predicted molar refractivity (Wildman–Crippen MR) is 120 cm³/mol. The molecule has 1 aromatic heterocycles. The van der Waals surface area contributed by atoms with Gasteiger partial charge in [0.1, 0.15) is 5.69 Å². The van der Waals surface area contributed by atoms with Crippen molar-refractivity contribution < 1.29 is 27.2 Å². The minimum absolute atomic E-state index is 0.0435. The van der Waals surface area contributed by atoms with Crippen molar-refractivity contribution in [3.63, 3.8) is 0 Å². The molecule has 2 aliphatic heterocycles. The van der Waals surface area contributed by atoms with Gasteiger partial charge in [0.2, 0.25) is 22.7 Å². The van der Waals surface area contributed by atoms with Gasteiger partial charge in [0, 0.05) is 46.0 Å². The van der Waals surface area contributed by atoms with Crippen LogP contribution in [0.25, 0.3) is 6.08 Å². The van der Waals surface area contributed by atoms with Crippen molar-refractivity contribution in [3.8, 4) is 11.5 Å². The fourth-order valence-electron chi connectivity index (χ4n) is 3.90. The number of carbonyl (C=O) groups excluding carboxylic acids is 1. The summed E-state index contributed by atoms with van der Waals surface area (Å²) in [4.78, 5) is 14.7. The smallest absolute Gasteiger partial charge is 0.248 e. The number of piperidine rings is 1. The highest BCUT2D eigenvalue weighted by molar-refractivity contribution is 7.89. The standard InChI is InChI=1S/C22H28N4O6S/c1-15-21(19(32-24-15)8-10-25(2)3)33(28,29)26-9-4-5-17(13-26)22(27)23-12-16-6-7-18-20(11-16)31-14-30-18/h6-8,10-11,17H,4-5,9,12-14H2,1-3H3,(H,23,27)/b10-8+. The van der Waals surface area contributed by atoms with Gasteiger partial charge in [-0.25, -0.2) is 8.42 Å². The number of rotatable bonds is 7. The van der Waals surface area contributed by atoms with E-state index in [2.05, 4.69) is 10.5 Å². The highest BCUT2D eigenvalue weighted by atomic mass is 32.2. The van der Waals surface area contributed by atoms with Crippen LogP contribution < -0.4 is 14.8 Å². The van der Waals surface area contributed by atoms with Crippen LogP contribution in [0.3, 0.4) is 0 Å². The van der Waals surface area contributed by atoms with Crippen molar-refractivity contribution in [1.82, 2.24) is 19.7 Å². The Morgan fingerprint density at radius 2 is 2.09 bits per heavy atom. The molecule has 0 saturated carbocycles. The minimum atomic E-state index is -3.87. The first kappa shape index (κ1) is 23.1. The SMILES string of the molecule is Cc1noc(/C=C/N(C)C)c1S(=O)(=O)N1CCCC(C(=O)NCc2ccc3c(c2)OCO3)C1. The molecule has 1 fully saturated rings. The fourth-order valence-corrected chi connectivity index (χ4v) is 5.68. The number of ether oxygens (including phenoxy) is 2. The zero-order valence-electron chi connectivity index (χ0n) is 18.9. The summed E-state index contributed by atoms with van der Waals surface area (Å²) in [6.07, 6.45) is 4.48. The third kappa shape index (κ3) is 4.98. The molecule has 2 aromatic rings. The van der Waals surface area contributed by atoms with E-state index in [1.807, 2.05) is 32.3 Å². The van der Waals surface area contributed by atoms with Crippen LogP contribution in [0, 0.1) is 12.8 Å². The lowest BCUT2D eigenvalue weighted by Gasteiger charge is -2.31. The number of benzene rings is 1. The van der Waals surface area contributed by atoms with Crippen LogP contribution in [-0.2, 0) is 21.4 Å². The summed E-state index contributed by atoms with van der Waals surface area (Å²) in [6.45, 7) is 2.56. The molecule has 1 aromatic carbocycles. The van der Waals surface area contributed by atoms with E-state index >= 15 is 0 Å². The van der Waals surface area contributed by atoms with E-state index in [-0.39, 0.29) is 29.9 Å². The van der Waals surface area contributed by atoms with Gasteiger partial charge in [0.15, 0.2) is 22.2 Å². The number of aryl methyl sites for hydroxylation is 1. The van der Waals surface area contributed by atoms with Crippen LogP contribution in [0.15, 0.2) is 33.8 Å². The first-order valence-electron chi connectivity index (χ1n) is 10.7. The number of nitrogens with one attached hydrogen (secondary N) is 1. The number of sulfonamides is 1. The van der Waals surface area contributed by atoms with Gasteiger partial charge >= 0.3 is 0 Å². The van der Waals surface area contributed by atoms with Crippen molar-refractivity contribution in [2.45, 2.75) is 31.2 Å². The van der Waals surface area contributed by atoms with Crippen LogP contribution in [-0.4, -0.2) is 62.7 Å². The van der Waals surface area contributed by atoms with Gasteiger partial charge < -0.3 is 24.2 Å². The van der Waals surface area contributed by atoms with E-state index < -0.39 is 15.9 Å². The number of aromatic nitrogens is 1. The molecule has 2 aliphatic rings. The van der Waals surface area contributed by atoms with Gasteiger partial charge in [-0.15, -0.1) is 0 Å². The maximum absolute atomic E-state index is 13.4. The molecule has 0 aliphatic carbocycles. The summed E-state index contributed by atoms with van der Waals surface area (Å²) >= 11 is 0. The summed E-state index contributed by atoms with van der Waals surface area (Å²) in [6, 6.07) is 5.50. The Morgan fingerprint density at radius 3 is 2.88 bits per heavy atom. The molecule has 1 amide bonds. The van der Waals surface area contributed by atoms with Gasteiger partial charge in [-0.05, 0) is 37.5 Å². The molecule has 4 rings (SSSR count). The van der Waals surface area contributed by atoms with Crippen molar-refractivity contribution in [1.29, 1.82) is 0 Å². The van der Waals surface area contributed by atoms with E-state index in [9.17, 15) is 13.2 Å². The third-order valence-electron chi connectivity index (χ3n) is 5.61. The predicted octanol–water partition coefficient (Wildman–Crippen LogP) is 1.96. The van der Waals surface area contributed by atoms with E-state index in [1.54, 1.807) is 24.1 Å². The van der Waals surface area contributed by atoms with Gasteiger partial charge in [0.05, 0.1) is 5.92 Å². The number of amides is 1. The largest absolute Gasteiger partial charge is 0.454 e. The van der Waals surface area contributed by atoms with Crippen molar-refractivity contribution in [3.05, 3.63) is 41.4 Å². The maximum atomic E-state index is 13.4. The molecule has 178 valence electrons. The topological polar surface area (TPSA) is 114 Å². The quantitative estimate of drug-likeness (QED) is 0.645. The van der Waals surface area contributed by atoms with Gasteiger partial charge in [0.25, 0.3) is 0 Å². The monoisotopic (exact) mass is 476 g/mol. The van der Waals surface area contributed by atoms with E-state index in [0.717, 1.165) is 5.56 Å². The lowest BCUT2D eigenvalue weighted by atomic mass is 9.98. The van der Waals surface area contributed by atoms with Gasteiger partial charge in [-0.3, -0.25) is 4.79 Å². The summed E-state index contributed by atoms with van der Waals surface area (Å²) in [5.74, 6) is 0.892. The Morgan fingerprint density at radius 1 is 1.30 bits per heavy atom. The summed E-state index contributed by atoms with van der Waals surface area (Å²) in [7, 11) is -0.222. The molecule has 11 heteroatoms. The molecular formula is C22H28N4O6S. The normalized spacial score (nSPS) is 18.6. The van der Waals surface area contributed by atoms with Gasteiger partial charge in [-0.1, -0.05) is 11.2 Å². The Labute approximate surface area is 193 Å². The number of carbonyl (C=O) groups is 1. The van der Waals surface area contributed by atoms with Crippen LogP contribution in [0.2, 0.25) is 0 Å². The molecule has 33 heavy (non-hydrogen) atoms. The Balaban J connectivity index is 1.43. The van der Waals surface area contributed by atoms with E-state index in [4.69, 9.17) is 14.0 Å². The Bertz CT molecular complexity index is 1160. The lowest BCUT2D eigenvalue weighted by Crippen LogP contribution is -2.45. The number of hydrogen-bond donors (Lipinski definition) is 1. The molecular weight excluding hydrogens is 448 g/mol. The number of fused-ring (bicyclic) bond motifs is 1. The molecule has 0 radical (unpaired) electrons. The van der Waals surface area contributed by atoms with Crippen molar-refractivity contribution >= 4 is 22.0 Å². The Hall–Kier alpha value is -3.05. The summed E-state index contributed by atoms with van der Waals surface area (Å²) in [5, 5.41) is 6.77. The molecule has 1 saturated heterocycles. The minimum Gasteiger partial charge on any atom is -0.454 e. The number of nitrogens with zero attached hydrogens (tertiary/aromatic N) is 3. The van der Waals surface area contributed by atoms with E-state index in [1.165, 1.54) is 4.31 Å². The van der Waals surface area contributed by atoms with Crippen LogP contribution in [0.4, 0.5) is 0 Å². The summed E-state index contributed by atoms with van der Waals surface area (Å²) < 4.78 is 44.1. The molecule has 1 atom stereocenters. The highest BCUT2D eigenvalue weighted by Crippen LogP contribution is 2.33. The molecule has 0 bridgehead atoms. The fraction of sp³-hybridized carbons (Fsp3) is 0.455. The van der Waals surface area contributed by atoms with Crippen molar-refractivity contribution in [2.75, 3.05) is 34.0 Å². The zero-order chi connectivity index (χ0) is 23.6. The first-order valence-corrected chi connectivity index (χ1v) is 12.2. The maximum Gasteiger partial charge on any atom is 0.248 e. The van der Waals surface area contributed by atoms with Crippen LogP contribution in [0.5, 0.6) is 11.5 Å². The average molecular weight is 477 g/mol. The second-order valence-corrected chi connectivity index (χ2v) is 10.2. The molecule has 1 unspecified atom stereocenters. The lowest BCUT2D eigenvalue weighted by molar-refractivity contribution is -0.126. The zero-order valence-corrected chi connectivity index (χ0v) is 19.7. The van der Waals surface area contributed by atoms with Crippen LogP contribution in [0.1, 0.15) is 29.9 Å². The van der Waals surface area contributed by atoms with Crippen LogP contribution >= 0.6 is 0 Å². The molecule has 3 heterocycles. The first-order chi connectivity index (χ1) is 15.8. The molecule has 1 N–H and O–H groups in total. The van der Waals surface area contributed by atoms with Crippen molar-refractivity contribution in [2.24, 2.45) is 5.92 Å². The van der Waals surface area contributed by atoms with E-state index in [0.29, 0.717) is 43.1 Å². The second-order valence-electron chi connectivity index (χ2n) is 8.35. The molecule has 0 spiro atoms. The highest BCUT2D eigenvalue weighted by Gasteiger charge is 2.36. The second kappa shape index (κ2) is 9.44. The average Bonchev–Trinajstić information content (AvgIpc) is 3.42. The summed E-state index contributed by atoms with van der Waals surface area (Å²) in [5.41, 5.74) is 1.17. The van der Waals surface area contributed by atoms with Gasteiger partial charge in [-0.2, -0.15) is 4.31 Å². The molecule has 10 nitrogen and oxygen atoms in total. The number of hydrogen-bond acceptors (Lipinski definition) is 8. The third-order valence-corrected chi connectivity index (χ3v) is 7.64. The Kier molecular flexibility index (Phi) is 6.61.